The van der Waals surface area contributed by atoms with Crippen molar-refractivity contribution in [1.82, 2.24) is 0 Å². The topological polar surface area (TPSA) is 20.2 Å². The molecule has 0 saturated heterocycles. The quantitative estimate of drug-likeness (QED) is 0.693. The lowest BCUT2D eigenvalue weighted by molar-refractivity contribution is 0.244. The summed E-state index contributed by atoms with van der Waals surface area (Å²) in [6, 6.07) is 8.28. The van der Waals surface area contributed by atoms with Crippen molar-refractivity contribution in [1.29, 1.82) is 0 Å². The number of hydrogen-bond donors (Lipinski definition) is 1. The zero-order valence-electron chi connectivity index (χ0n) is 7.77. The van der Waals surface area contributed by atoms with E-state index in [4.69, 9.17) is 0 Å². The molecule has 1 aliphatic carbocycles. The van der Waals surface area contributed by atoms with Crippen LogP contribution < -0.4 is 0 Å². The van der Waals surface area contributed by atoms with Gasteiger partial charge in [0.2, 0.25) is 0 Å². The van der Waals surface area contributed by atoms with Gasteiger partial charge in [-0.15, -0.1) is 0 Å². The Morgan fingerprint density at radius 3 is 2.85 bits per heavy atom. The van der Waals surface area contributed by atoms with Crippen molar-refractivity contribution in [3.63, 3.8) is 0 Å². The zero-order chi connectivity index (χ0) is 9.26. The van der Waals surface area contributed by atoms with E-state index < -0.39 is 0 Å². The molecule has 1 nitrogen and oxygen atoms in total. The first kappa shape index (κ1) is 8.52. The Morgan fingerprint density at radius 2 is 2.08 bits per heavy atom. The lowest BCUT2D eigenvalue weighted by Crippen LogP contribution is -2.16. The van der Waals surface area contributed by atoms with E-state index in [1.54, 1.807) is 0 Å². The Balaban J connectivity index is 2.47. The maximum Gasteiger partial charge on any atom is 0.0505 e. The molecule has 2 rings (SSSR count). The number of rotatable bonds is 1. The van der Waals surface area contributed by atoms with Crippen LogP contribution in [-0.2, 0) is 0 Å². The molecule has 68 valence electrons. The second kappa shape index (κ2) is 3.35. The van der Waals surface area contributed by atoms with Crippen LogP contribution in [0.3, 0.4) is 0 Å². The van der Waals surface area contributed by atoms with E-state index in [0.717, 1.165) is 0 Å². The van der Waals surface area contributed by atoms with Gasteiger partial charge in [0.05, 0.1) is 6.61 Å². The standard InChI is InChI=1S/C12H14O/c1-9-6-7-10-4-2-3-5-11(10)12(9)8-13/h2-7,9,12-13H,8H2,1H3/t9-,12+/m1/s1. The summed E-state index contributed by atoms with van der Waals surface area (Å²) in [4.78, 5) is 0. The molecule has 0 heterocycles. The Labute approximate surface area is 78.7 Å². The normalized spacial score (nSPS) is 25.7. The van der Waals surface area contributed by atoms with Crippen molar-refractivity contribution in [3.05, 3.63) is 41.5 Å². The fourth-order valence-electron chi connectivity index (χ4n) is 1.94. The summed E-state index contributed by atoms with van der Waals surface area (Å²) >= 11 is 0. The summed E-state index contributed by atoms with van der Waals surface area (Å²) in [5, 5.41) is 9.27. The minimum Gasteiger partial charge on any atom is -0.396 e. The third kappa shape index (κ3) is 1.40. The Bertz CT molecular complexity index is 328. The van der Waals surface area contributed by atoms with Crippen LogP contribution >= 0.6 is 0 Å². The summed E-state index contributed by atoms with van der Waals surface area (Å²) in [7, 11) is 0. The average molecular weight is 174 g/mol. The molecule has 0 amide bonds. The molecule has 2 atom stereocenters. The molecule has 0 unspecified atom stereocenters. The van der Waals surface area contributed by atoms with Gasteiger partial charge in [-0.1, -0.05) is 43.3 Å². The highest BCUT2D eigenvalue weighted by Crippen LogP contribution is 2.32. The van der Waals surface area contributed by atoms with Gasteiger partial charge < -0.3 is 5.11 Å². The van der Waals surface area contributed by atoms with E-state index in [-0.39, 0.29) is 12.5 Å². The van der Waals surface area contributed by atoms with Crippen molar-refractivity contribution < 1.29 is 5.11 Å². The molecule has 0 spiro atoms. The Kier molecular flexibility index (Phi) is 2.19. The maximum atomic E-state index is 9.27. The summed E-state index contributed by atoms with van der Waals surface area (Å²) in [6.45, 7) is 2.38. The fraction of sp³-hybridized carbons (Fsp3) is 0.333. The summed E-state index contributed by atoms with van der Waals surface area (Å²) < 4.78 is 0. The molecule has 1 heteroatoms. The fourth-order valence-corrected chi connectivity index (χ4v) is 1.94. The summed E-state index contributed by atoms with van der Waals surface area (Å²) in [5.41, 5.74) is 2.53. The van der Waals surface area contributed by atoms with E-state index in [9.17, 15) is 5.11 Å². The average Bonchev–Trinajstić information content (AvgIpc) is 2.18. The summed E-state index contributed by atoms with van der Waals surface area (Å²) in [6.07, 6.45) is 4.31. The molecule has 13 heavy (non-hydrogen) atoms. The molecular weight excluding hydrogens is 160 g/mol. The molecular formula is C12H14O. The van der Waals surface area contributed by atoms with Crippen molar-refractivity contribution >= 4 is 6.08 Å². The lowest BCUT2D eigenvalue weighted by atomic mass is 9.81. The minimum atomic E-state index is 0.239. The first-order chi connectivity index (χ1) is 6.33. The number of aliphatic hydroxyl groups excluding tert-OH is 1. The molecule has 0 radical (unpaired) electrons. The third-order valence-electron chi connectivity index (χ3n) is 2.81. The van der Waals surface area contributed by atoms with E-state index in [1.165, 1.54) is 11.1 Å². The van der Waals surface area contributed by atoms with Gasteiger partial charge in [-0.2, -0.15) is 0 Å². The van der Waals surface area contributed by atoms with E-state index >= 15 is 0 Å². The van der Waals surface area contributed by atoms with Crippen LogP contribution in [0.15, 0.2) is 30.3 Å². The molecule has 1 aliphatic rings. The number of hydrogen-bond acceptors (Lipinski definition) is 1. The van der Waals surface area contributed by atoms with E-state index in [1.807, 2.05) is 12.1 Å². The van der Waals surface area contributed by atoms with Gasteiger partial charge in [-0.25, -0.2) is 0 Å². The second-order valence-corrected chi connectivity index (χ2v) is 3.64. The number of aliphatic hydroxyl groups is 1. The molecule has 0 bridgehead atoms. The van der Waals surface area contributed by atoms with Gasteiger partial charge in [0.25, 0.3) is 0 Å². The molecule has 0 saturated carbocycles. The predicted molar refractivity (Wildman–Crippen MR) is 54.5 cm³/mol. The van der Waals surface area contributed by atoms with Crippen LogP contribution in [0.25, 0.3) is 6.08 Å². The zero-order valence-corrected chi connectivity index (χ0v) is 7.77. The SMILES string of the molecule is C[C@@H]1C=Cc2ccccc2[C@H]1CO. The monoisotopic (exact) mass is 174 g/mol. The van der Waals surface area contributed by atoms with E-state index in [2.05, 4.69) is 31.2 Å². The van der Waals surface area contributed by atoms with Crippen LogP contribution in [0, 0.1) is 5.92 Å². The summed E-state index contributed by atoms with van der Waals surface area (Å²) in [5.74, 6) is 0.723. The first-order valence-corrected chi connectivity index (χ1v) is 4.71. The van der Waals surface area contributed by atoms with Crippen LogP contribution in [0.5, 0.6) is 0 Å². The van der Waals surface area contributed by atoms with Crippen molar-refractivity contribution in [2.45, 2.75) is 12.8 Å². The Hall–Kier alpha value is -1.08. The molecule has 1 N–H and O–H groups in total. The van der Waals surface area contributed by atoms with Gasteiger partial charge in [0.1, 0.15) is 0 Å². The second-order valence-electron chi connectivity index (χ2n) is 3.64. The highest BCUT2D eigenvalue weighted by molar-refractivity contribution is 5.58. The van der Waals surface area contributed by atoms with Gasteiger partial charge >= 0.3 is 0 Å². The van der Waals surface area contributed by atoms with Gasteiger partial charge in [0, 0.05) is 5.92 Å². The molecule has 0 aliphatic heterocycles. The van der Waals surface area contributed by atoms with Crippen molar-refractivity contribution in [2.24, 2.45) is 5.92 Å². The van der Waals surface area contributed by atoms with Crippen LogP contribution in [0.1, 0.15) is 24.0 Å². The van der Waals surface area contributed by atoms with Gasteiger partial charge in [-0.3, -0.25) is 0 Å². The smallest absolute Gasteiger partial charge is 0.0505 e. The largest absolute Gasteiger partial charge is 0.396 e. The number of allylic oxidation sites excluding steroid dienone is 1. The van der Waals surface area contributed by atoms with Crippen LogP contribution in [-0.4, -0.2) is 11.7 Å². The minimum absolute atomic E-state index is 0.239. The molecule has 1 aromatic rings. The molecule has 0 fully saturated rings. The highest BCUT2D eigenvalue weighted by Gasteiger charge is 2.21. The van der Waals surface area contributed by atoms with Gasteiger partial charge in [0.15, 0.2) is 0 Å². The molecule has 0 aromatic heterocycles. The van der Waals surface area contributed by atoms with Gasteiger partial charge in [-0.05, 0) is 17.0 Å². The lowest BCUT2D eigenvalue weighted by Gasteiger charge is -2.25. The van der Waals surface area contributed by atoms with Crippen molar-refractivity contribution in [2.75, 3.05) is 6.61 Å². The number of benzene rings is 1. The first-order valence-electron chi connectivity index (χ1n) is 4.71. The Morgan fingerprint density at radius 1 is 1.31 bits per heavy atom. The van der Waals surface area contributed by atoms with E-state index in [0.29, 0.717) is 5.92 Å². The number of fused-ring (bicyclic) bond motifs is 1. The predicted octanol–water partition coefficient (Wildman–Crippen LogP) is 2.43. The van der Waals surface area contributed by atoms with Crippen molar-refractivity contribution in [3.8, 4) is 0 Å². The maximum absolute atomic E-state index is 9.27. The van der Waals surface area contributed by atoms with Crippen LogP contribution in [0.4, 0.5) is 0 Å². The van der Waals surface area contributed by atoms with Crippen LogP contribution in [0.2, 0.25) is 0 Å². The highest BCUT2D eigenvalue weighted by atomic mass is 16.3. The molecule has 1 aromatic carbocycles. The third-order valence-corrected chi connectivity index (χ3v) is 2.81.